The van der Waals surface area contributed by atoms with Gasteiger partial charge >= 0.3 is 5.97 Å². The smallest absolute Gasteiger partial charge is 0.330 e. The van der Waals surface area contributed by atoms with Crippen LogP contribution in [0.3, 0.4) is 0 Å². The maximum Gasteiger partial charge on any atom is 0.330 e. The van der Waals surface area contributed by atoms with Crippen molar-refractivity contribution in [3.63, 3.8) is 0 Å². The SMILES string of the molecule is COC(=O)C=CC(C)C1CCC(C)c2ccccc21. The van der Waals surface area contributed by atoms with E-state index in [1.165, 1.54) is 31.1 Å². The summed E-state index contributed by atoms with van der Waals surface area (Å²) >= 11 is 0. The van der Waals surface area contributed by atoms with E-state index in [2.05, 4.69) is 42.8 Å². The van der Waals surface area contributed by atoms with Gasteiger partial charge in [-0.15, -0.1) is 0 Å². The molecular weight excluding hydrogens is 236 g/mol. The topological polar surface area (TPSA) is 26.3 Å². The molecule has 1 aromatic rings. The van der Waals surface area contributed by atoms with E-state index in [9.17, 15) is 4.79 Å². The van der Waals surface area contributed by atoms with Crippen LogP contribution in [0.4, 0.5) is 0 Å². The zero-order valence-corrected chi connectivity index (χ0v) is 11.9. The second-order valence-electron chi connectivity index (χ2n) is 5.46. The van der Waals surface area contributed by atoms with Crippen LogP contribution in [0.1, 0.15) is 49.7 Å². The third kappa shape index (κ3) is 3.06. The molecule has 2 heteroatoms. The van der Waals surface area contributed by atoms with Crippen LogP contribution in [0.2, 0.25) is 0 Å². The van der Waals surface area contributed by atoms with Gasteiger partial charge in [-0.05, 0) is 41.7 Å². The number of benzene rings is 1. The van der Waals surface area contributed by atoms with Crippen molar-refractivity contribution in [1.82, 2.24) is 0 Å². The summed E-state index contributed by atoms with van der Waals surface area (Å²) in [6.45, 7) is 4.47. The third-order valence-electron chi connectivity index (χ3n) is 4.21. The van der Waals surface area contributed by atoms with Gasteiger partial charge in [0.25, 0.3) is 0 Å². The number of carbonyl (C=O) groups excluding carboxylic acids is 1. The predicted molar refractivity (Wildman–Crippen MR) is 77.2 cm³/mol. The van der Waals surface area contributed by atoms with Crippen LogP contribution in [-0.2, 0) is 9.53 Å². The molecule has 1 aliphatic rings. The van der Waals surface area contributed by atoms with Gasteiger partial charge in [0.15, 0.2) is 0 Å². The molecule has 0 aliphatic heterocycles. The van der Waals surface area contributed by atoms with Crippen molar-refractivity contribution in [3.8, 4) is 0 Å². The Morgan fingerprint density at radius 3 is 2.68 bits per heavy atom. The highest BCUT2D eigenvalue weighted by atomic mass is 16.5. The first-order chi connectivity index (χ1) is 9.13. The maximum atomic E-state index is 11.2. The summed E-state index contributed by atoms with van der Waals surface area (Å²) in [5.41, 5.74) is 2.92. The zero-order chi connectivity index (χ0) is 13.8. The summed E-state index contributed by atoms with van der Waals surface area (Å²) in [6.07, 6.45) is 5.93. The molecule has 2 nitrogen and oxygen atoms in total. The summed E-state index contributed by atoms with van der Waals surface area (Å²) in [4.78, 5) is 11.2. The lowest BCUT2D eigenvalue weighted by Crippen LogP contribution is -2.17. The van der Waals surface area contributed by atoms with Gasteiger partial charge < -0.3 is 4.74 Å². The summed E-state index contributed by atoms with van der Waals surface area (Å²) in [5.74, 6) is 1.23. The van der Waals surface area contributed by atoms with Crippen molar-refractivity contribution in [1.29, 1.82) is 0 Å². The average Bonchev–Trinajstić information content (AvgIpc) is 2.45. The third-order valence-corrected chi connectivity index (χ3v) is 4.21. The number of methoxy groups -OCH3 is 1. The van der Waals surface area contributed by atoms with Gasteiger partial charge in [-0.1, -0.05) is 44.2 Å². The van der Waals surface area contributed by atoms with Crippen LogP contribution in [0.5, 0.6) is 0 Å². The second kappa shape index (κ2) is 6.05. The fraction of sp³-hybridized carbons (Fsp3) is 0.471. The minimum absolute atomic E-state index is 0.274. The van der Waals surface area contributed by atoms with Crippen LogP contribution >= 0.6 is 0 Å². The molecular formula is C17H22O2. The minimum atomic E-state index is -0.274. The number of rotatable bonds is 3. The van der Waals surface area contributed by atoms with Crippen molar-refractivity contribution in [2.75, 3.05) is 7.11 Å². The Kier molecular flexibility index (Phi) is 4.41. The van der Waals surface area contributed by atoms with Crippen molar-refractivity contribution in [3.05, 3.63) is 47.5 Å². The van der Waals surface area contributed by atoms with E-state index < -0.39 is 0 Å². The number of hydrogen-bond donors (Lipinski definition) is 0. The summed E-state index contributed by atoms with van der Waals surface area (Å²) in [6, 6.07) is 8.70. The molecule has 0 saturated heterocycles. The van der Waals surface area contributed by atoms with Crippen LogP contribution < -0.4 is 0 Å². The molecule has 102 valence electrons. The highest BCUT2D eigenvalue weighted by Gasteiger charge is 2.27. The average molecular weight is 258 g/mol. The Labute approximate surface area is 115 Å². The van der Waals surface area contributed by atoms with Gasteiger partial charge in [0.05, 0.1) is 7.11 Å². The fourth-order valence-electron chi connectivity index (χ4n) is 3.02. The molecule has 0 radical (unpaired) electrons. The molecule has 1 aromatic carbocycles. The Morgan fingerprint density at radius 1 is 1.32 bits per heavy atom. The van der Waals surface area contributed by atoms with E-state index in [-0.39, 0.29) is 5.97 Å². The molecule has 19 heavy (non-hydrogen) atoms. The van der Waals surface area contributed by atoms with Crippen molar-refractivity contribution < 1.29 is 9.53 Å². The Balaban J connectivity index is 2.20. The van der Waals surface area contributed by atoms with E-state index in [4.69, 9.17) is 0 Å². The van der Waals surface area contributed by atoms with Gasteiger partial charge in [0, 0.05) is 6.08 Å². The van der Waals surface area contributed by atoms with E-state index in [0.29, 0.717) is 17.8 Å². The Bertz CT molecular complexity index is 476. The molecule has 0 aromatic heterocycles. The van der Waals surface area contributed by atoms with E-state index in [1.54, 1.807) is 6.08 Å². The number of hydrogen-bond acceptors (Lipinski definition) is 2. The number of esters is 1. The lowest BCUT2D eigenvalue weighted by Gasteiger charge is -2.32. The largest absolute Gasteiger partial charge is 0.466 e. The first kappa shape index (κ1) is 13.9. The number of carbonyl (C=O) groups is 1. The van der Waals surface area contributed by atoms with E-state index in [1.807, 2.05) is 6.08 Å². The molecule has 0 N–H and O–H groups in total. The van der Waals surface area contributed by atoms with Gasteiger partial charge in [0.1, 0.15) is 0 Å². The van der Waals surface area contributed by atoms with Crippen LogP contribution in [0, 0.1) is 5.92 Å². The van der Waals surface area contributed by atoms with Gasteiger partial charge in [0.2, 0.25) is 0 Å². The quantitative estimate of drug-likeness (QED) is 0.604. The van der Waals surface area contributed by atoms with Crippen LogP contribution in [0.25, 0.3) is 0 Å². The highest BCUT2D eigenvalue weighted by molar-refractivity contribution is 5.81. The van der Waals surface area contributed by atoms with E-state index in [0.717, 1.165) is 0 Å². The summed E-state index contributed by atoms with van der Waals surface area (Å²) < 4.78 is 4.65. The Morgan fingerprint density at radius 2 is 2.00 bits per heavy atom. The molecule has 0 spiro atoms. The standard InChI is InChI=1S/C17H22O2/c1-12-8-10-15(13(2)9-11-17(18)19-3)16-7-5-4-6-14(12)16/h4-7,9,11-13,15H,8,10H2,1-3H3. The van der Waals surface area contributed by atoms with Gasteiger partial charge in [-0.3, -0.25) is 0 Å². The predicted octanol–water partition coefficient (Wildman–Crippen LogP) is 4.03. The number of fused-ring (bicyclic) bond motifs is 1. The highest BCUT2D eigenvalue weighted by Crippen LogP contribution is 2.42. The first-order valence-corrected chi connectivity index (χ1v) is 6.98. The van der Waals surface area contributed by atoms with Crippen molar-refractivity contribution in [2.24, 2.45) is 5.92 Å². The summed E-state index contributed by atoms with van der Waals surface area (Å²) in [5, 5.41) is 0. The minimum Gasteiger partial charge on any atom is -0.466 e. The van der Waals surface area contributed by atoms with Crippen LogP contribution in [0.15, 0.2) is 36.4 Å². The molecule has 0 saturated carbocycles. The molecule has 0 bridgehead atoms. The molecule has 3 atom stereocenters. The Hall–Kier alpha value is -1.57. The first-order valence-electron chi connectivity index (χ1n) is 6.98. The molecule has 0 amide bonds. The fourth-order valence-corrected chi connectivity index (χ4v) is 3.02. The number of ether oxygens (including phenoxy) is 1. The van der Waals surface area contributed by atoms with Crippen molar-refractivity contribution >= 4 is 5.97 Å². The normalized spacial score (nSPS) is 23.9. The lowest BCUT2D eigenvalue weighted by atomic mass is 9.72. The monoisotopic (exact) mass is 258 g/mol. The second-order valence-corrected chi connectivity index (χ2v) is 5.46. The number of allylic oxidation sites excluding steroid dienone is 1. The molecule has 0 fully saturated rings. The maximum absolute atomic E-state index is 11.2. The van der Waals surface area contributed by atoms with Crippen LogP contribution in [-0.4, -0.2) is 13.1 Å². The lowest BCUT2D eigenvalue weighted by molar-refractivity contribution is -0.134. The molecule has 2 rings (SSSR count). The van der Waals surface area contributed by atoms with Crippen molar-refractivity contribution in [2.45, 2.75) is 38.5 Å². The molecule has 0 heterocycles. The van der Waals surface area contributed by atoms with Gasteiger partial charge in [-0.2, -0.15) is 0 Å². The summed E-state index contributed by atoms with van der Waals surface area (Å²) in [7, 11) is 1.41. The van der Waals surface area contributed by atoms with E-state index >= 15 is 0 Å². The zero-order valence-electron chi connectivity index (χ0n) is 11.9. The molecule has 1 aliphatic carbocycles. The van der Waals surface area contributed by atoms with Gasteiger partial charge in [-0.25, -0.2) is 4.79 Å². The molecule has 3 unspecified atom stereocenters.